The Bertz CT molecular complexity index is 818. The lowest BCUT2D eigenvalue weighted by Gasteiger charge is -2.41. The van der Waals surface area contributed by atoms with Crippen LogP contribution in [0.3, 0.4) is 0 Å². The molecule has 2 aliphatic rings. The maximum absolute atomic E-state index is 12.5. The van der Waals surface area contributed by atoms with Gasteiger partial charge < -0.3 is 15.0 Å². The van der Waals surface area contributed by atoms with Gasteiger partial charge in [-0.05, 0) is 30.0 Å². The number of carbonyl (C=O) groups excluding carboxylic acids is 1. The number of fused-ring (bicyclic) bond motifs is 1. The third kappa shape index (κ3) is 3.14. The summed E-state index contributed by atoms with van der Waals surface area (Å²) in [5.41, 5.74) is 2.52. The molecule has 1 fully saturated rings. The molecule has 130 valence electrons. The number of thiophene rings is 1. The molecule has 0 saturated carbocycles. The number of amides is 2. The SMILES string of the molecule is Cc1csc(Cl)c1NC(=O)N1CCC2(C=Cc3ccccc3O2)CC1. The van der Waals surface area contributed by atoms with Gasteiger partial charge in [0, 0.05) is 31.5 Å². The first kappa shape index (κ1) is 16.5. The largest absolute Gasteiger partial charge is 0.482 e. The van der Waals surface area contributed by atoms with E-state index in [2.05, 4.69) is 17.5 Å². The fourth-order valence-corrected chi connectivity index (χ4v) is 4.37. The van der Waals surface area contributed by atoms with E-state index in [0.717, 1.165) is 35.4 Å². The van der Waals surface area contributed by atoms with Crippen molar-refractivity contribution in [1.29, 1.82) is 0 Å². The number of anilines is 1. The Kier molecular flexibility index (Phi) is 4.21. The van der Waals surface area contributed by atoms with Crippen LogP contribution in [-0.4, -0.2) is 29.6 Å². The number of nitrogens with zero attached hydrogens (tertiary/aromatic N) is 1. The van der Waals surface area contributed by atoms with Crippen molar-refractivity contribution in [2.75, 3.05) is 18.4 Å². The highest BCUT2D eigenvalue weighted by molar-refractivity contribution is 7.15. The second kappa shape index (κ2) is 6.39. The molecular weight excluding hydrogens is 356 g/mol. The second-order valence-corrected chi connectivity index (χ2v) is 8.00. The highest BCUT2D eigenvalue weighted by Gasteiger charge is 2.38. The first-order valence-electron chi connectivity index (χ1n) is 8.33. The molecule has 1 aromatic carbocycles. The Hall–Kier alpha value is -1.98. The average Bonchev–Trinajstić information content (AvgIpc) is 2.94. The van der Waals surface area contributed by atoms with Gasteiger partial charge in [-0.25, -0.2) is 4.79 Å². The van der Waals surface area contributed by atoms with E-state index >= 15 is 0 Å². The molecule has 6 heteroatoms. The van der Waals surface area contributed by atoms with Crippen LogP contribution in [0.25, 0.3) is 6.08 Å². The predicted molar refractivity (Wildman–Crippen MR) is 103 cm³/mol. The van der Waals surface area contributed by atoms with Gasteiger partial charge in [-0.3, -0.25) is 0 Å². The molecule has 1 spiro atoms. The summed E-state index contributed by atoms with van der Waals surface area (Å²) in [4.78, 5) is 14.4. The van der Waals surface area contributed by atoms with E-state index in [0.29, 0.717) is 17.4 Å². The van der Waals surface area contributed by atoms with Crippen LogP contribution in [0.5, 0.6) is 5.75 Å². The predicted octanol–water partition coefficient (Wildman–Crippen LogP) is 5.18. The fourth-order valence-electron chi connectivity index (χ4n) is 3.31. The topological polar surface area (TPSA) is 41.6 Å². The molecule has 2 aromatic rings. The van der Waals surface area contributed by atoms with Crippen LogP contribution < -0.4 is 10.1 Å². The van der Waals surface area contributed by atoms with E-state index in [-0.39, 0.29) is 11.6 Å². The monoisotopic (exact) mass is 374 g/mol. The van der Waals surface area contributed by atoms with Crippen LogP contribution in [0, 0.1) is 6.92 Å². The van der Waals surface area contributed by atoms with Gasteiger partial charge in [-0.2, -0.15) is 0 Å². The van der Waals surface area contributed by atoms with E-state index in [1.165, 1.54) is 11.3 Å². The van der Waals surface area contributed by atoms with Gasteiger partial charge >= 0.3 is 6.03 Å². The minimum Gasteiger partial charge on any atom is -0.482 e. The van der Waals surface area contributed by atoms with E-state index in [4.69, 9.17) is 16.3 Å². The number of para-hydroxylation sites is 1. The molecule has 2 amide bonds. The summed E-state index contributed by atoms with van der Waals surface area (Å²) in [5.74, 6) is 0.920. The molecular formula is C19H19ClN2O2S. The summed E-state index contributed by atoms with van der Waals surface area (Å²) in [6.45, 7) is 3.25. The van der Waals surface area contributed by atoms with Crippen LogP contribution in [0.2, 0.25) is 4.34 Å². The summed E-state index contributed by atoms with van der Waals surface area (Å²) in [7, 11) is 0. The molecule has 4 nitrogen and oxygen atoms in total. The molecule has 0 atom stereocenters. The highest BCUT2D eigenvalue weighted by Crippen LogP contribution is 2.37. The van der Waals surface area contributed by atoms with E-state index in [1.54, 1.807) is 0 Å². The van der Waals surface area contributed by atoms with Gasteiger partial charge in [0.25, 0.3) is 0 Å². The van der Waals surface area contributed by atoms with Crippen LogP contribution in [0.1, 0.15) is 24.0 Å². The minimum atomic E-state index is -0.304. The molecule has 3 heterocycles. The number of benzene rings is 1. The Morgan fingerprint density at radius 1 is 1.32 bits per heavy atom. The van der Waals surface area contributed by atoms with Crippen molar-refractivity contribution in [3.63, 3.8) is 0 Å². The van der Waals surface area contributed by atoms with Crippen molar-refractivity contribution in [3.8, 4) is 5.75 Å². The molecule has 1 N–H and O–H groups in total. The van der Waals surface area contributed by atoms with Crippen molar-refractivity contribution in [1.82, 2.24) is 4.90 Å². The second-order valence-electron chi connectivity index (χ2n) is 6.52. The molecule has 1 saturated heterocycles. The maximum atomic E-state index is 12.5. The number of hydrogen-bond acceptors (Lipinski definition) is 3. The van der Waals surface area contributed by atoms with Gasteiger partial charge in [0.05, 0.1) is 5.69 Å². The Labute approximate surface area is 156 Å². The zero-order valence-electron chi connectivity index (χ0n) is 13.9. The normalized spacial score (nSPS) is 17.9. The fraction of sp³-hybridized carbons (Fsp3) is 0.316. The number of piperidine rings is 1. The number of aryl methyl sites for hydroxylation is 1. The van der Waals surface area contributed by atoms with Crippen LogP contribution in [-0.2, 0) is 0 Å². The van der Waals surface area contributed by atoms with Crippen molar-refractivity contribution < 1.29 is 9.53 Å². The number of nitrogens with one attached hydrogen (secondary N) is 1. The van der Waals surface area contributed by atoms with Gasteiger partial charge in [-0.1, -0.05) is 35.9 Å². The molecule has 4 rings (SSSR count). The standard InChI is InChI=1S/C19H19ClN2O2S/c1-13-12-25-17(20)16(13)21-18(23)22-10-8-19(9-11-22)7-6-14-4-2-3-5-15(14)24-19/h2-7,12H,8-11H2,1H3,(H,21,23). The molecule has 25 heavy (non-hydrogen) atoms. The first-order valence-corrected chi connectivity index (χ1v) is 9.59. The minimum absolute atomic E-state index is 0.0987. The van der Waals surface area contributed by atoms with Gasteiger partial charge in [0.1, 0.15) is 15.7 Å². The molecule has 0 aliphatic carbocycles. The molecule has 0 radical (unpaired) electrons. The summed E-state index contributed by atoms with van der Waals surface area (Å²) in [6, 6.07) is 7.95. The van der Waals surface area contributed by atoms with Gasteiger partial charge in [0.15, 0.2) is 0 Å². The smallest absolute Gasteiger partial charge is 0.321 e. The van der Waals surface area contributed by atoms with Crippen molar-refractivity contribution in [2.45, 2.75) is 25.4 Å². The zero-order valence-corrected chi connectivity index (χ0v) is 15.5. The van der Waals surface area contributed by atoms with Crippen LogP contribution >= 0.6 is 22.9 Å². The summed E-state index contributed by atoms with van der Waals surface area (Å²) >= 11 is 7.58. The number of rotatable bonds is 1. The lowest BCUT2D eigenvalue weighted by molar-refractivity contribution is 0.0519. The van der Waals surface area contributed by atoms with E-state index in [9.17, 15) is 4.79 Å². The summed E-state index contributed by atoms with van der Waals surface area (Å²) in [6.07, 6.45) is 5.83. The molecule has 0 unspecified atom stereocenters. The lowest BCUT2D eigenvalue weighted by Crippen LogP contribution is -2.50. The number of ether oxygens (including phenoxy) is 1. The molecule has 2 aliphatic heterocycles. The number of carbonyl (C=O) groups is 1. The number of urea groups is 1. The number of likely N-dealkylation sites (tertiary alicyclic amines) is 1. The first-order chi connectivity index (χ1) is 12.1. The summed E-state index contributed by atoms with van der Waals surface area (Å²) < 4.78 is 6.89. The average molecular weight is 375 g/mol. The van der Waals surface area contributed by atoms with Crippen molar-refractivity contribution in [3.05, 3.63) is 51.2 Å². The lowest BCUT2D eigenvalue weighted by atomic mass is 9.88. The number of halogens is 1. The zero-order chi connectivity index (χ0) is 17.4. The molecule has 1 aromatic heterocycles. The van der Waals surface area contributed by atoms with E-state index in [1.807, 2.05) is 41.5 Å². The third-order valence-corrected chi connectivity index (χ3v) is 6.20. The number of hydrogen-bond donors (Lipinski definition) is 1. The van der Waals surface area contributed by atoms with Crippen LogP contribution in [0.15, 0.2) is 35.7 Å². The van der Waals surface area contributed by atoms with Crippen molar-refractivity contribution >= 4 is 40.7 Å². The van der Waals surface area contributed by atoms with E-state index < -0.39 is 0 Å². The van der Waals surface area contributed by atoms with Gasteiger partial charge in [0.2, 0.25) is 0 Å². The molecule has 0 bridgehead atoms. The quantitative estimate of drug-likeness (QED) is 0.747. The van der Waals surface area contributed by atoms with Gasteiger partial charge in [-0.15, -0.1) is 11.3 Å². The third-order valence-electron chi connectivity index (χ3n) is 4.86. The Balaban J connectivity index is 1.41. The maximum Gasteiger partial charge on any atom is 0.321 e. The Morgan fingerprint density at radius 3 is 2.80 bits per heavy atom. The highest BCUT2D eigenvalue weighted by atomic mass is 35.5. The summed E-state index contributed by atoms with van der Waals surface area (Å²) in [5, 5.41) is 4.89. The van der Waals surface area contributed by atoms with Crippen LogP contribution in [0.4, 0.5) is 10.5 Å². The Morgan fingerprint density at radius 2 is 2.08 bits per heavy atom. The van der Waals surface area contributed by atoms with Crippen molar-refractivity contribution in [2.24, 2.45) is 0 Å².